The standard InChI is InChI=1S/C23H21N5OS/c29-23(27-13-7-8-14-27)20(17-9-3-1-4-10-17)30-22-19-15-26-28(21(19)24-16-25-22)18-11-5-2-6-12-18/h1-6,9-12,15-16,20H,7-8,13-14H2. The number of hydrogen-bond acceptors (Lipinski definition) is 5. The SMILES string of the molecule is O=C(C(Sc1ncnc2c1cnn2-c1ccccc1)c1ccccc1)N1CCCC1. The number of fused-ring (bicyclic) bond motifs is 1. The normalized spacial score (nSPS) is 14.9. The van der Waals surface area contributed by atoms with Crippen LogP contribution in [0.3, 0.4) is 0 Å². The van der Waals surface area contributed by atoms with Gasteiger partial charge in [0, 0.05) is 13.1 Å². The Morgan fingerprint density at radius 1 is 0.933 bits per heavy atom. The summed E-state index contributed by atoms with van der Waals surface area (Å²) in [4.78, 5) is 24.3. The number of likely N-dealkylation sites (tertiary alicyclic amines) is 1. The van der Waals surface area contributed by atoms with Gasteiger partial charge in [-0.25, -0.2) is 14.6 Å². The van der Waals surface area contributed by atoms with E-state index in [9.17, 15) is 4.79 Å². The molecule has 1 aliphatic rings. The van der Waals surface area contributed by atoms with E-state index in [0.29, 0.717) is 0 Å². The third kappa shape index (κ3) is 3.57. The van der Waals surface area contributed by atoms with Crippen molar-refractivity contribution in [3.63, 3.8) is 0 Å². The van der Waals surface area contributed by atoms with Gasteiger partial charge in [0.15, 0.2) is 5.65 Å². The topological polar surface area (TPSA) is 63.9 Å². The van der Waals surface area contributed by atoms with Gasteiger partial charge in [-0.2, -0.15) is 5.10 Å². The number of amides is 1. The molecule has 1 unspecified atom stereocenters. The molecule has 1 aliphatic heterocycles. The third-order valence-electron chi connectivity index (χ3n) is 5.30. The van der Waals surface area contributed by atoms with Crippen molar-refractivity contribution < 1.29 is 4.79 Å². The lowest BCUT2D eigenvalue weighted by Crippen LogP contribution is -2.31. The van der Waals surface area contributed by atoms with Crippen LogP contribution in [0.25, 0.3) is 16.7 Å². The highest BCUT2D eigenvalue weighted by Crippen LogP contribution is 2.39. The number of hydrogen-bond donors (Lipinski definition) is 0. The van der Waals surface area contributed by atoms with Gasteiger partial charge in [0.1, 0.15) is 16.6 Å². The highest BCUT2D eigenvalue weighted by molar-refractivity contribution is 8.00. The lowest BCUT2D eigenvalue weighted by atomic mass is 10.1. The summed E-state index contributed by atoms with van der Waals surface area (Å²) in [6.07, 6.45) is 5.47. The van der Waals surface area contributed by atoms with Crippen molar-refractivity contribution in [1.29, 1.82) is 0 Å². The first-order valence-electron chi connectivity index (χ1n) is 10.1. The van der Waals surface area contributed by atoms with Crippen molar-refractivity contribution in [2.75, 3.05) is 13.1 Å². The van der Waals surface area contributed by atoms with Crippen molar-refractivity contribution in [2.24, 2.45) is 0 Å². The van der Waals surface area contributed by atoms with Gasteiger partial charge in [-0.15, -0.1) is 0 Å². The zero-order valence-corrected chi connectivity index (χ0v) is 17.2. The van der Waals surface area contributed by atoms with Gasteiger partial charge in [0.25, 0.3) is 0 Å². The van der Waals surface area contributed by atoms with Crippen LogP contribution in [0.5, 0.6) is 0 Å². The van der Waals surface area contributed by atoms with Crippen LogP contribution < -0.4 is 0 Å². The summed E-state index contributed by atoms with van der Waals surface area (Å²) in [5.41, 5.74) is 2.66. The van der Waals surface area contributed by atoms with Gasteiger partial charge in [-0.3, -0.25) is 4.79 Å². The minimum atomic E-state index is -0.345. The van der Waals surface area contributed by atoms with E-state index < -0.39 is 0 Å². The first kappa shape index (κ1) is 18.8. The number of thioether (sulfide) groups is 1. The zero-order chi connectivity index (χ0) is 20.3. The number of carbonyl (C=O) groups excluding carboxylic acids is 1. The molecule has 1 saturated heterocycles. The zero-order valence-electron chi connectivity index (χ0n) is 16.4. The summed E-state index contributed by atoms with van der Waals surface area (Å²) >= 11 is 1.48. The molecule has 5 rings (SSSR count). The van der Waals surface area contributed by atoms with Crippen LogP contribution >= 0.6 is 11.8 Å². The molecule has 1 amide bonds. The number of benzene rings is 2. The Balaban J connectivity index is 1.53. The first-order chi connectivity index (χ1) is 14.8. The molecular weight excluding hydrogens is 394 g/mol. The van der Waals surface area contributed by atoms with Crippen molar-refractivity contribution in [3.8, 4) is 5.69 Å². The third-order valence-corrected chi connectivity index (χ3v) is 6.56. The van der Waals surface area contributed by atoms with E-state index in [1.807, 2.05) is 65.6 Å². The van der Waals surface area contributed by atoms with E-state index in [4.69, 9.17) is 0 Å². The second-order valence-corrected chi connectivity index (χ2v) is 8.34. The highest BCUT2D eigenvalue weighted by Gasteiger charge is 2.30. The molecule has 2 aromatic carbocycles. The Morgan fingerprint density at radius 3 is 2.37 bits per heavy atom. The molecule has 0 bridgehead atoms. The Labute approximate surface area is 179 Å². The van der Waals surface area contributed by atoms with E-state index in [1.54, 1.807) is 17.2 Å². The second-order valence-electron chi connectivity index (χ2n) is 7.25. The maximum Gasteiger partial charge on any atom is 0.240 e. The Kier molecular flexibility index (Phi) is 5.19. The molecule has 0 N–H and O–H groups in total. The van der Waals surface area contributed by atoms with Gasteiger partial charge in [-0.1, -0.05) is 60.3 Å². The molecule has 7 heteroatoms. The number of carbonyl (C=O) groups is 1. The lowest BCUT2D eigenvalue weighted by Gasteiger charge is -2.23. The van der Waals surface area contributed by atoms with Crippen LogP contribution in [-0.4, -0.2) is 43.6 Å². The molecule has 2 aromatic heterocycles. The Hall–Kier alpha value is -3.19. The fourth-order valence-corrected chi connectivity index (χ4v) is 4.92. The summed E-state index contributed by atoms with van der Waals surface area (Å²) in [7, 11) is 0. The minimum absolute atomic E-state index is 0.144. The van der Waals surface area contributed by atoms with Gasteiger partial charge >= 0.3 is 0 Å². The molecule has 0 spiro atoms. The molecule has 1 fully saturated rings. The smallest absolute Gasteiger partial charge is 0.240 e. The van der Waals surface area contributed by atoms with Crippen LogP contribution in [0.4, 0.5) is 0 Å². The van der Waals surface area contributed by atoms with Crippen LogP contribution in [-0.2, 0) is 4.79 Å². The molecule has 30 heavy (non-hydrogen) atoms. The summed E-state index contributed by atoms with van der Waals surface area (Å²) in [6, 6.07) is 19.8. The van der Waals surface area contributed by atoms with E-state index in [0.717, 1.165) is 53.2 Å². The predicted octanol–water partition coefficient (Wildman–Crippen LogP) is 4.27. The molecule has 3 heterocycles. The highest BCUT2D eigenvalue weighted by atomic mass is 32.2. The van der Waals surface area contributed by atoms with Crippen LogP contribution in [0.1, 0.15) is 23.7 Å². The van der Waals surface area contributed by atoms with E-state index >= 15 is 0 Å². The molecule has 1 atom stereocenters. The summed E-state index contributed by atoms with van der Waals surface area (Å²) in [5, 5.41) is 5.80. The van der Waals surface area contributed by atoms with Crippen molar-refractivity contribution >= 4 is 28.7 Å². The van der Waals surface area contributed by atoms with Crippen LogP contribution in [0.15, 0.2) is 78.2 Å². The Bertz CT molecular complexity index is 1160. The monoisotopic (exact) mass is 415 g/mol. The van der Waals surface area contributed by atoms with Gasteiger partial charge < -0.3 is 4.90 Å². The number of nitrogens with zero attached hydrogens (tertiary/aromatic N) is 5. The molecular formula is C23H21N5OS. The van der Waals surface area contributed by atoms with Crippen LogP contribution in [0.2, 0.25) is 0 Å². The summed E-state index contributed by atoms with van der Waals surface area (Å²) in [5.74, 6) is 0.144. The van der Waals surface area contributed by atoms with E-state index in [2.05, 4.69) is 15.1 Å². The summed E-state index contributed by atoms with van der Waals surface area (Å²) < 4.78 is 1.81. The quantitative estimate of drug-likeness (QED) is 0.360. The maximum absolute atomic E-state index is 13.4. The number of aromatic nitrogens is 4. The number of para-hydroxylation sites is 1. The van der Waals surface area contributed by atoms with E-state index in [-0.39, 0.29) is 11.2 Å². The molecule has 0 saturated carbocycles. The average Bonchev–Trinajstić information content (AvgIpc) is 3.49. The van der Waals surface area contributed by atoms with Crippen LogP contribution in [0, 0.1) is 0 Å². The molecule has 0 radical (unpaired) electrons. The van der Waals surface area contributed by atoms with Crippen molar-refractivity contribution in [2.45, 2.75) is 23.1 Å². The fraction of sp³-hybridized carbons (Fsp3) is 0.217. The van der Waals surface area contributed by atoms with Crippen molar-refractivity contribution in [1.82, 2.24) is 24.6 Å². The molecule has 0 aliphatic carbocycles. The summed E-state index contributed by atoms with van der Waals surface area (Å²) in [6.45, 7) is 1.65. The first-order valence-corrected chi connectivity index (χ1v) is 10.9. The average molecular weight is 416 g/mol. The largest absolute Gasteiger partial charge is 0.341 e. The van der Waals surface area contributed by atoms with E-state index in [1.165, 1.54) is 11.8 Å². The van der Waals surface area contributed by atoms with Gasteiger partial charge in [0.2, 0.25) is 5.91 Å². The fourth-order valence-electron chi connectivity index (χ4n) is 3.78. The molecule has 6 nitrogen and oxygen atoms in total. The van der Waals surface area contributed by atoms with Gasteiger partial charge in [-0.05, 0) is 30.5 Å². The minimum Gasteiger partial charge on any atom is -0.341 e. The van der Waals surface area contributed by atoms with Crippen molar-refractivity contribution in [3.05, 3.63) is 78.8 Å². The number of rotatable bonds is 5. The Morgan fingerprint density at radius 2 is 1.63 bits per heavy atom. The lowest BCUT2D eigenvalue weighted by molar-refractivity contribution is -0.129. The van der Waals surface area contributed by atoms with Gasteiger partial charge in [0.05, 0.1) is 17.3 Å². The predicted molar refractivity (Wildman–Crippen MR) is 118 cm³/mol. The maximum atomic E-state index is 13.4. The molecule has 150 valence electrons. The molecule has 4 aromatic rings. The second kappa shape index (κ2) is 8.28.